The van der Waals surface area contributed by atoms with E-state index in [9.17, 15) is 4.39 Å². The molecule has 0 atom stereocenters. The van der Waals surface area contributed by atoms with Crippen LogP contribution < -0.4 is 9.47 Å². The quantitative estimate of drug-likeness (QED) is 0.763. The van der Waals surface area contributed by atoms with Gasteiger partial charge in [0.05, 0.1) is 14.2 Å². The fourth-order valence-electron chi connectivity index (χ4n) is 1.53. The molecule has 0 radical (unpaired) electrons. The van der Waals surface area contributed by atoms with Crippen LogP contribution >= 0.6 is 0 Å². The molecule has 0 bridgehead atoms. The van der Waals surface area contributed by atoms with E-state index in [0.717, 1.165) is 0 Å². The van der Waals surface area contributed by atoms with Gasteiger partial charge in [-0.2, -0.15) is 0 Å². The molecule has 0 aliphatic carbocycles. The third-order valence-corrected chi connectivity index (χ3v) is 2.19. The number of hydrogen-bond acceptors (Lipinski definition) is 2. The Morgan fingerprint density at radius 1 is 1.20 bits per heavy atom. The summed E-state index contributed by atoms with van der Waals surface area (Å²) in [5.74, 6) is 0.723. The van der Waals surface area contributed by atoms with Crippen molar-refractivity contribution in [2.24, 2.45) is 5.92 Å². The highest BCUT2D eigenvalue weighted by Gasteiger charge is 2.15. The fourth-order valence-corrected chi connectivity index (χ4v) is 1.53. The highest BCUT2D eigenvalue weighted by Crippen LogP contribution is 2.32. The van der Waals surface area contributed by atoms with Gasteiger partial charge in [0.25, 0.3) is 0 Å². The predicted molar refractivity (Wildman–Crippen MR) is 58.0 cm³/mol. The van der Waals surface area contributed by atoms with Gasteiger partial charge < -0.3 is 9.47 Å². The second-order valence-electron chi connectivity index (χ2n) is 3.87. The van der Waals surface area contributed by atoms with Crippen molar-refractivity contribution in [3.8, 4) is 11.5 Å². The zero-order valence-electron chi connectivity index (χ0n) is 9.63. The summed E-state index contributed by atoms with van der Waals surface area (Å²) in [5, 5.41) is 0. The maximum atomic E-state index is 13.9. The Kier molecular flexibility index (Phi) is 3.95. The first-order chi connectivity index (χ1) is 7.10. The standard InChI is InChI=1S/C12H17FO2/c1-8(2)7-9-5-6-10(14-3)12(15-4)11(9)13/h5-6,8H,7H2,1-4H3. The lowest BCUT2D eigenvalue weighted by Gasteiger charge is -2.12. The van der Waals surface area contributed by atoms with Crippen LogP contribution in [0.2, 0.25) is 0 Å². The average Bonchev–Trinajstić information content (AvgIpc) is 2.20. The molecule has 0 unspecified atom stereocenters. The van der Waals surface area contributed by atoms with E-state index < -0.39 is 0 Å². The molecule has 0 amide bonds. The van der Waals surface area contributed by atoms with Crippen LogP contribution in [0.15, 0.2) is 12.1 Å². The lowest BCUT2D eigenvalue weighted by Crippen LogP contribution is -2.01. The zero-order chi connectivity index (χ0) is 11.4. The Labute approximate surface area is 90.0 Å². The molecule has 0 saturated heterocycles. The summed E-state index contributed by atoms with van der Waals surface area (Å²) in [4.78, 5) is 0. The molecule has 84 valence electrons. The third kappa shape index (κ3) is 2.61. The van der Waals surface area contributed by atoms with Gasteiger partial charge in [0, 0.05) is 0 Å². The Morgan fingerprint density at radius 2 is 1.87 bits per heavy atom. The number of methoxy groups -OCH3 is 2. The number of ether oxygens (including phenoxy) is 2. The lowest BCUT2D eigenvalue weighted by molar-refractivity contribution is 0.335. The number of halogens is 1. The Bertz CT molecular complexity index is 335. The van der Waals surface area contributed by atoms with Crippen molar-refractivity contribution in [2.75, 3.05) is 14.2 Å². The van der Waals surface area contributed by atoms with Gasteiger partial charge in [-0.1, -0.05) is 19.9 Å². The molecule has 0 N–H and O–H groups in total. The van der Waals surface area contributed by atoms with Crippen LogP contribution in [0.4, 0.5) is 4.39 Å². The van der Waals surface area contributed by atoms with Crippen molar-refractivity contribution >= 4 is 0 Å². The van der Waals surface area contributed by atoms with Gasteiger partial charge in [0.2, 0.25) is 0 Å². The smallest absolute Gasteiger partial charge is 0.197 e. The molecule has 1 aromatic rings. The van der Waals surface area contributed by atoms with Crippen LogP contribution in [0.25, 0.3) is 0 Å². The minimum Gasteiger partial charge on any atom is -0.493 e. The molecule has 0 fully saturated rings. The summed E-state index contributed by atoms with van der Waals surface area (Å²) < 4.78 is 23.9. The molecule has 1 aromatic carbocycles. The van der Waals surface area contributed by atoms with E-state index in [4.69, 9.17) is 9.47 Å². The molecule has 0 spiro atoms. The van der Waals surface area contributed by atoms with Crippen molar-refractivity contribution in [3.05, 3.63) is 23.5 Å². The molecule has 0 aromatic heterocycles. The second kappa shape index (κ2) is 5.01. The molecule has 15 heavy (non-hydrogen) atoms. The van der Waals surface area contributed by atoms with E-state index in [1.54, 1.807) is 12.1 Å². The summed E-state index contributed by atoms with van der Waals surface area (Å²) in [6, 6.07) is 3.48. The van der Waals surface area contributed by atoms with E-state index in [-0.39, 0.29) is 11.6 Å². The molecular formula is C12H17FO2. The Balaban J connectivity index is 3.11. The first kappa shape index (κ1) is 11.8. The second-order valence-corrected chi connectivity index (χ2v) is 3.87. The maximum absolute atomic E-state index is 13.9. The summed E-state index contributed by atoms with van der Waals surface area (Å²) in [7, 11) is 2.94. The van der Waals surface area contributed by atoms with E-state index >= 15 is 0 Å². The molecule has 2 nitrogen and oxygen atoms in total. The topological polar surface area (TPSA) is 18.5 Å². The molecule has 3 heteroatoms. The van der Waals surface area contributed by atoms with Crippen LogP contribution in [0.3, 0.4) is 0 Å². The number of hydrogen-bond donors (Lipinski definition) is 0. The average molecular weight is 212 g/mol. The van der Waals surface area contributed by atoms with Gasteiger partial charge in [-0.25, -0.2) is 4.39 Å². The predicted octanol–water partition coefficient (Wildman–Crippen LogP) is 3.04. The largest absolute Gasteiger partial charge is 0.493 e. The van der Waals surface area contributed by atoms with Crippen LogP contribution in [-0.4, -0.2) is 14.2 Å². The zero-order valence-corrected chi connectivity index (χ0v) is 9.63. The van der Waals surface area contributed by atoms with Gasteiger partial charge in [0.1, 0.15) is 0 Å². The van der Waals surface area contributed by atoms with Crippen LogP contribution in [0.5, 0.6) is 11.5 Å². The highest BCUT2D eigenvalue weighted by molar-refractivity contribution is 5.44. The minimum absolute atomic E-state index is 0.190. The maximum Gasteiger partial charge on any atom is 0.197 e. The van der Waals surface area contributed by atoms with Crippen molar-refractivity contribution in [3.63, 3.8) is 0 Å². The minimum atomic E-state index is -0.314. The molecular weight excluding hydrogens is 195 g/mol. The summed E-state index contributed by atoms with van der Waals surface area (Å²) in [6.45, 7) is 4.10. The van der Waals surface area contributed by atoms with E-state index in [0.29, 0.717) is 23.7 Å². The molecule has 1 rings (SSSR count). The molecule has 0 heterocycles. The summed E-state index contributed by atoms with van der Waals surface area (Å²) in [5.41, 5.74) is 0.669. The Morgan fingerprint density at radius 3 is 2.33 bits per heavy atom. The number of benzene rings is 1. The third-order valence-electron chi connectivity index (χ3n) is 2.19. The Hall–Kier alpha value is -1.25. The van der Waals surface area contributed by atoms with Crippen molar-refractivity contribution < 1.29 is 13.9 Å². The van der Waals surface area contributed by atoms with E-state index in [1.165, 1.54) is 14.2 Å². The van der Waals surface area contributed by atoms with Gasteiger partial charge in [-0.15, -0.1) is 0 Å². The van der Waals surface area contributed by atoms with Crippen molar-refractivity contribution in [1.82, 2.24) is 0 Å². The summed E-state index contributed by atoms with van der Waals surface area (Å²) in [6.07, 6.45) is 0.701. The van der Waals surface area contributed by atoms with Gasteiger partial charge in [0.15, 0.2) is 17.3 Å². The normalized spacial score (nSPS) is 10.5. The van der Waals surface area contributed by atoms with E-state index in [1.807, 2.05) is 0 Å². The number of rotatable bonds is 4. The monoisotopic (exact) mass is 212 g/mol. The van der Waals surface area contributed by atoms with Gasteiger partial charge >= 0.3 is 0 Å². The fraction of sp³-hybridized carbons (Fsp3) is 0.500. The van der Waals surface area contributed by atoms with Gasteiger partial charge in [-0.05, 0) is 24.0 Å². The first-order valence-electron chi connectivity index (χ1n) is 4.99. The van der Waals surface area contributed by atoms with Crippen LogP contribution in [-0.2, 0) is 6.42 Å². The van der Waals surface area contributed by atoms with Crippen molar-refractivity contribution in [1.29, 1.82) is 0 Å². The first-order valence-corrected chi connectivity index (χ1v) is 4.99. The molecule has 0 saturated carbocycles. The highest BCUT2D eigenvalue weighted by atomic mass is 19.1. The summed E-state index contributed by atoms with van der Waals surface area (Å²) >= 11 is 0. The molecule has 0 aliphatic heterocycles. The van der Waals surface area contributed by atoms with E-state index in [2.05, 4.69) is 13.8 Å². The SMILES string of the molecule is COc1ccc(CC(C)C)c(F)c1OC. The van der Waals surface area contributed by atoms with Crippen molar-refractivity contribution in [2.45, 2.75) is 20.3 Å². The van der Waals surface area contributed by atoms with Crippen LogP contribution in [0, 0.1) is 11.7 Å². The van der Waals surface area contributed by atoms with Crippen LogP contribution in [0.1, 0.15) is 19.4 Å². The lowest BCUT2D eigenvalue weighted by atomic mass is 10.0. The molecule has 0 aliphatic rings. The van der Waals surface area contributed by atoms with Gasteiger partial charge in [-0.3, -0.25) is 0 Å².